The van der Waals surface area contributed by atoms with Gasteiger partial charge in [-0.2, -0.15) is 0 Å². The van der Waals surface area contributed by atoms with Gasteiger partial charge in [-0.25, -0.2) is 4.39 Å². The number of aromatic nitrogens is 3. The highest BCUT2D eigenvalue weighted by atomic mass is 32.2. The third-order valence-corrected chi connectivity index (χ3v) is 5.60. The molecule has 0 fully saturated rings. The Morgan fingerprint density at radius 1 is 1.11 bits per heavy atom. The highest BCUT2D eigenvalue weighted by Gasteiger charge is 2.22. The third-order valence-electron chi connectivity index (χ3n) is 4.29. The standard InChI is InChI=1S/C20H17FN4OS/c1-2-17(19(26)22-15-9-5-4-8-14(15)21)27-20-24-23-18-12-11-13-7-3-6-10-16(13)25(18)20/h3-12,17H,2H2,1H3,(H,22,26). The topological polar surface area (TPSA) is 59.3 Å². The summed E-state index contributed by atoms with van der Waals surface area (Å²) in [6, 6.07) is 18.0. The number of anilines is 1. The van der Waals surface area contributed by atoms with Crippen LogP contribution in [0.15, 0.2) is 65.8 Å². The van der Waals surface area contributed by atoms with Gasteiger partial charge in [-0.15, -0.1) is 10.2 Å². The summed E-state index contributed by atoms with van der Waals surface area (Å²) in [7, 11) is 0. The second-order valence-corrected chi connectivity index (χ2v) is 7.22. The Bertz CT molecular complexity index is 1130. The van der Waals surface area contributed by atoms with Crippen molar-refractivity contribution in [3.05, 3.63) is 66.5 Å². The fourth-order valence-corrected chi connectivity index (χ4v) is 3.89. The minimum atomic E-state index is -0.454. The van der Waals surface area contributed by atoms with E-state index in [2.05, 4.69) is 15.5 Å². The van der Waals surface area contributed by atoms with E-state index in [1.165, 1.54) is 17.8 Å². The number of carbonyl (C=O) groups excluding carboxylic acids is 1. The van der Waals surface area contributed by atoms with Crippen LogP contribution in [0.2, 0.25) is 0 Å². The number of fused-ring (bicyclic) bond motifs is 3. The van der Waals surface area contributed by atoms with Gasteiger partial charge in [0.1, 0.15) is 5.82 Å². The molecule has 1 amide bonds. The second kappa shape index (κ2) is 7.36. The molecule has 2 heterocycles. The molecular weight excluding hydrogens is 363 g/mol. The summed E-state index contributed by atoms with van der Waals surface area (Å²) < 4.78 is 15.8. The summed E-state index contributed by atoms with van der Waals surface area (Å²) in [5.74, 6) is -0.714. The molecule has 1 atom stereocenters. The average Bonchev–Trinajstić information content (AvgIpc) is 3.11. The number of hydrogen-bond donors (Lipinski definition) is 1. The first-order valence-electron chi connectivity index (χ1n) is 8.62. The molecule has 0 radical (unpaired) electrons. The molecule has 0 saturated heterocycles. The maximum Gasteiger partial charge on any atom is 0.238 e. The molecule has 0 bridgehead atoms. The van der Waals surface area contributed by atoms with E-state index >= 15 is 0 Å². The Morgan fingerprint density at radius 3 is 2.70 bits per heavy atom. The molecule has 0 spiro atoms. The van der Waals surface area contributed by atoms with Gasteiger partial charge >= 0.3 is 0 Å². The highest BCUT2D eigenvalue weighted by molar-refractivity contribution is 8.00. The molecule has 1 N–H and O–H groups in total. The molecular formula is C20H17FN4OS. The Kier molecular flexibility index (Phi) is 4.77. The van der Waals surface area contributed by atoms with Gasteiger partial charge in [-0.3, -0.25) is 9.20 Å². The lowest BCUT2D eigenvalue weighted by molar-refractivity contribution is -0.115. The fraction of sp³-hybridized carbons (Fsp3) is 0.150. The number of benzene rings is 2. The zero-order valence-electron chi connectivity index (χ0n) is 14.6. The van der Waals surface area contributed by atoms with Crippen LogP contribution in [0.25, 0.3) is 16.6 Å². The van der Waals surface area contributed by atoms with Crippen molar-refractivity contribution in [3.8, 4) is 0 Å². The maximum absolute atomic E-state index is 13.8. The quantitative estimate of drug-likeness (QED) is 0.517. The van der Waals surface area contributed by atoms with E-state index in [1.807, 2.05) is 47.7 Å². The van der Waals surface area contributed by atoms with E-state index < -0.39 is 11.1 Å². The van der Waals surface area contributed by atoms with E-state index in [1.54, 1.807) is 18.2 Å². The SMILES string of the molecule is CCC(Sc1nnc2ccc3ccccc3n12)C(=O)Nc1ccccc1F. The first-order chi connectivity index (χ1) is 13.2. The van der Waals surface area contributed by atoms with Crippen LogP contribution in [0.3, 0.4) is 0 Å². The van der Waals surface area contributed by atoms with Gasteiger partial charge in [-0.05, 0) is 42.1 Å². The van der Waals surface area contributed by atoms with Crippen molar-refractivity contribution in [2.24, 2.45) is 0 Å². The van der Waals surface area contributed by atoms with Gasteiger partial charge in [0, 0.05) is 0 Å². The van der Waals surface area contributed by atoms with E-state index in [4.69, 9.17) is 0 Å². The third kappa shape index (κ3) is 3.38. The number of pyridine rings is 1. The van der Waals surface area contributed by atoms with Crippen molar-refractivity contribution in [2.45, 2.75) is 23.8 Å². The number of para-hydroxylation sites is 2. The van der Waals surface area contributed by atoms with Gasteiger partial charge in [0.05, 0.1) is 16.5 Å². The van der Waals surface area contributed by atoms with Crippen molar-refractivity contribution in [1.82, 2.24) is 14.6 Å². The molecule has 136 valence electrons. The summed E-state index contributed by atoms with van der Waals surface area (Å²) in [5.41, 5.74) is 1.88. The van der Waals surface area contributed by atoms with E-state index in [-0.39, 0.29) is 11.6 Å². The number of rotatable bonds is 5. The summed E-state index contributed by atoms with van der Waals surface area (Å²) in [5, 5.41) is 12.4. The van der Waals surface area contributed by atoms with Gasteiger partial charge < -0.3 is 5.32 Å². The van der Waals surface area contributed by atoms with E-state index in [0.717, 1.165) is 16.6 Å². The molecule has 0 aliphatic carbocycles. The minimum Gasteiger partial charge on any atom is -0.323 e. The maximum atomic E-state index is 13.8. The monoisotopic (exact) mass is 380 g/mol. The van der Waals surface area contributed by atoms with Crippen LogP contribution in [-0.2, 0) is 4.79 Å². The summed E-state index contributed by atoms with van der Waals surface area (Å²) in [6.07, 6.45) is 0.574. The van der Waals surface area contributed by atoms with Crippen LogP contribution < -0.4 is 5.32 Å². The van der Waals surface area contributed by atoms with Crippen LogP contribution in [0, 0.1) is 5.82 Å². The Hall–Kier alpha value is -2.93. The molecule has 4 aromatic rings. The molecule has 5 nitrogen and oxygen atoms in total. The van der Waals surface area contributed by atoms with Crippen LogP contribution in [-0.4, -0.2) is 25.8 Å². The highest BCUT2D eigenvalue weighted by Crippen LogP contribution is 2.28. The molecule has 7 heteroatoms. The summed E-state index contributed by atoms with van der Waals surface area (Å²) in [6.45, 7) is 1.92. The molecule has 0 aliphatic heterocycles. The number of halogens is 1. The zero-order chi connectivity index (χ0) is 18.8. The minimum absolute atomic E-state index is 0.179. The predicted molar refractivity (Wildman–Crippen MR) is 105 cm³/mol. The number of thioether (sulfide) groups is 1. The van der Waals surface area contributed by atoms with E-state index in [0.29, 0.717) is 11.6 Å². The lowest BCUT2D eigenvalue weighted by atomic mass is 10.2. The van der Waals surface area contributed by atoms with Gasteiger partial charge in [-0.1, -0.05) is 49.0 Å². The van der Waals surface area contributed by atoms with Crippen LogP contribution in [0.4, 0.5) is 10.1 Å². The molecule has 4 rings (SSSR count). The first-order valence-corrected chi connectivity index (χ1v) is 9.50. The summed E-state index contributed by atoms with van der Waals surface area (Å²) in [4.78, 5) is 12.7. The van der Waals surface area contributed by atoms with Crippen LogP contribution >= 0.6 is 11.8 Å². The number of amides is 1. The zero-order valence-corrected chi connectivity index (χ0v) is 15.4. The Balaban J connectivity index is 1.65. The second-order valence-electron chi connectivity index (χ2n) is 6.05. The molecule has 2 aromatic carbocycles. The molecule has 27 heavy (non-hydrogen) atoms. The van der Waals surface area contributed by atoms with Gasteiger partial charge in [0.25, 0.3) is 0 Å². The van der Waals surface area contributed by atoms with Crippen molar-refractivity contribution in [3.63, 3.8) is 0 Å². The van der Waals surface area contributed by atoms with Crippen molar-refractivity contribution in [2.75, 3.05) is 5.32 Å². The van der Waals surface area contributed by atoms with Crippen molar-refractivity contribution >= 4 is 39.9 Å². The molecule has 2 aromatic heterocycles. The van der Waals surface area contributed by atoms with Gasteiger partial charge in [0.2, 0.25) is 5.91 Å². The number of hydrogen-bond acceptors (Lipinski definition) is 4. The first kappa shape index (κ1) is 17.5. The van der Waals surface area contributed by atoms with Crippen LogP contribution in [0.5, 0.6) is 0 Å². The normalized spacial score (nSPS) is 12.4. The number of nitrogens with zero attached hydrogens (tertiary/aromatic N) is 3. The lowest BCUT2D eigenvalue weighted by Crippen LogP contribution is -2.25. The Morgan fingerprint density at radius 2 is 1.89 bits per heavy atom. The van der Waals surface area contributed by atoms with Gasteiger partial charge in [0.15, 0.2) is 10.8 Å². The van der Waals surface area contributed by atoms with Crippen LogP contribution in [0.1, 0.15) is 13.3 Å². The smallest absolute Gasteiger partial charge is 0.238 e. The Labute approximate surface area is 159 Å². The summed E-state index contributed by atoms with van der Waals surface area (Å²) >= 11 is 1.33. The molecule has 0 aliphatic rings. The van der Waals surface area contributed by atoms with E-state index in [9.17, 15) is 9.18 Å². The number of carbonyl (C=O) groups is 1. The average molecular weight is 380 g/mol. The largest absolute Gasteiger partial charge is 0.323 e. The predicted octanol–water partition coefficient (Wildman–Crippen LogP) is 4.53. The van der Waals surface area contributed by atoms with Crippen molar-refractivity contribution < 1.29 is 9.18 Å². The lowest BCUT2D eigenvalue weighted by Gasteiger charge is -2.14. The van der Waals surface area contributed by atoms with Crippen molar-refractivity contribution in [1.29, 1.82) is 0 Å². The number of nitrogens with one attached hydrogen (secondary N) is 1. The molecule has 0 saturated carbocycles. The molecule has 1 unspecified atom stereocenters. The fourth-order valence-electron chi connectivity index (χ4n) is 2.91.